The molecule has 1 unspecified atom stereocenters. The van der Waals surface area contributed by atoms with Crippen molar-refractivity contribution in [2.45, 2.75) is 45.8 Å². The zero-order valence-electron chi connectivity index (χ0n) is 14.5. The van der Waals surface area contributed by atoms with Gasteiger partial charge in [-0.2, -0.15) is 4.98 Å². The molecule has 0 spiro atoms. The van der Waals surface area contributed by atoms with E-state index in [1.54, 1.807) is 31.2 Å². The average molecular weight is 345 g/mol. The van der Waals surface area contributed by atoms with E-state index in [4.69, 9.17) is 13.7 Å². The topological polar surface area (TPSA) is 100 Å². The molecule has 8 heteroatoms. The smallest absolute Gasteiger partial charge is 0.420 e. The van der Waals surface area contributed by atoms with Crippen LogP contribution in [0, 0.1) is 0 Å². The summed E-state index contributed by atoms with van der Waals surface area (Å²) >= 11 is 0. The highest BCUT2D eigenvalue weighted by Gasteiger charge is 2.25. The van der Waals surface area contributed by atoms with E-state index in [2.05, 4.69) is 10.1 Å². The molecule has 0 aliphatic carbocycles. The second-order valence-corrected chi connectivity index (χ2v) is 6.76. The number of fused-ring (bicyclic) bond motifs is 1. The Bertz CT molecular complexity index is 960. The third-order valence-corrected chi connectivity index (χ3v) is 3.63. The fraction of sp³-hybridized carbons (Fsp3) is 0.412. The van der Waals surface area contributed by atoms with Crippen molar-refractivity contribution in [3.63, 3.8) is 0 Å². The minimum atomic E-state index is -0.718. The maximum atomic E-state index is 12.2. The SMILES string of the molecule is CC(OC(=O)Cn1c(=O)oc2ccccc21)c1nc(C(C)(C)C)no1. The van der Waals surface area contributed by atoms with Crippen LogP contribution in [0.4, 0.5) is 0 Å². The number of rotatable bonds is 4. The van der Waals surface area contributed by atoms with Crippen LogP contribution in [-0.4, -0.2) is 20.7 Å². The second kappa shape index (κ2) is 6.19. The van der Waals surface area contributed by atoms with Gasteiger partial charge < -0.3 is 13.7 Å². The normalized spacial score (nSPS) is 13.1. The molecule has 0 saturated carbocycles. The third kappa shape index (κ3) is 3.47. The lowest BCUT2D eigenvalue weighted by Gasteiger charge is -2.11. The van der Waals surface area contributed by atoms with Crippen LogP contribution >= 0.6 is 0 Å². The van der Waals surface area contributed by atoms with Gasteiger partial charge in [0.2, 0.25) is 0 Å². The molecule has 3 aromatic rings. The van der Waals surface area contributed by atoms with Crippen molar-refractivity contribution in [2.75, 3.05) is 0 Å². The quantitative estimate of drug-likeness (QED) is 0.670. The summed E-state index contributed by atoms with van der Waals surface area (Å²) in [5.41, 5.74) is 0.680. The summed E-state index contributed by atoms with van der Waals surface area (Å²) in [4.78, 5) is 28.3. The van der Waals surface area contributed by atoms with Crippen molar-refractivity contribution in [2.24, 2.45) is 0 Å². The summed E-state index contributed by atoms with van der Waals surface area (Å²) in [6.07, 6.45) is -0.718. The zero-order chi connectivity index (χ0) is 18.2. The van der Waals surface area contributed by atoms with E-state index in [9.17, 15) is 9.59 Å². The van der Waals surface area contributed by atoms with Gasteiger partial charge in [0.1, 0.15) is 6.54 Å². The number of hydrogen-bond acceptors (Lipinski definition) is 7. The van der Waals surface area contributed by atoms with Gasteiger partial charge in [-0.1, -0.05) is 38.1 Å². The number of esters is 1. The van der Waals surface area contributed by atoms with Crippen LogP contribution in [-0.2, 0) is 21.5 Å². The van der Waals surface area contributed by atoms with Crippen LogP contribution in [0.5, 0.6) is 0 Å². The van der Waals surface area contributed by atoms with Crippen molar-refractivity contribution < 1.29 is 18.5 Å². The number of oxazole rings is 1. The molecule has 0 radical (unpaired) electrons. The number of ether oxygens (including phenoxy) is 1. The molecule has 0 amide bonds. The first-order chi connectivity index (χ1) is 11.8. The van der Waals surface area contributed by atoms with Gasteiger partial charge in [-0.25, -0.2) is 4.79 Å². The second-order valence-electron chi connectivity index (χ2n) is 6.76. The largest absolute Gasteiger partial charge is 0.451 e. The Morgan fingerprint density at radius 3 is 2.72 bits per heavy atom. The Morgan fingerprint density at radius 1 is 1.32 bits per heavy atom. The molecule has 0 fully saturated rings. The van der Waals surface area contributed by atoms with Gasteiger partial charge in [0.15, 0.2) is 17.5 Å². The molecule has 25 heavy (non-hydrogen) atoms. The molecular formula is C17H19N3O5. The van der Waals surface area contributed by atoms with Gasteiger partial charge in [-0.15, -0.1) is 0 Å². The van der Waals surface area contributed by atoms with Gasteiger partial charge in [0.25, 0.3) is 5.89 Å². The predicted octanol–water partition coefficient (Wildman–Crippen LogP) is 2.58. The highest BCUT2D eigenvalue weighted by Crippen LogP contribution is 2.22. The minimum Gasteiger partial charge on any atom is -0.451 e. The number of carbonyl (C=O) groups excluding carboxylic acids is 1. The number of carbonyl (C=O) groups is 1. The van der Waals surface area contributed by atoms with E-state index in [1.165, 1.54) is 4.57 Å². The van der Waals surface area contributed by atoms with E-state index >= 15 is 0 Å². The summed E-state index contributed by atoms with van der Waals surface area (Å²) in [5, 5.41) is 3.90. The Labute approximate surface area is 143 Å². The molecule has 2 heterocycles. The van der Waals surface area contributed by atoms with E-state index in [-0.39, 0.29) is 17.9 Å². The molecule has 0 bridgehead atoms. The maximum absolute atomic E-state index is 12.2. The Morgan fingerprint density at radius 2 is 2.04 bits per heavy atom. The van der Waals surface area contributed by atoms with Crippen LogP contribution in [0.25, 0.3) is 11.1 Å². The Hall–Kier alpha value is -2.90. The molecule has 0 aliphatic heterocycles. The lowest BCUT2D eigenvalue weighted by molar-refractivity contribution is -0.150. The van der Waals surface area contributed by atoms with E-state index in [0.29, 0.717) is 16.9 Å². The average Bonchev–Trinajstić information content (AvgIpc) is 3.13. The fourth-order valence-corrected chi connectivity index (χ4v) is 2.28. The predicted molar refractivity (Wildman–Crippen MR) is 88.0 cm³/mol. The molecule has 3 rings (SSSR count). The number of para-hydroxylation sites is 2. The fourth-order valence-electron chi connectivity index (χ4n) is 2.28. The van der Waals surface area contributed by atoms with E-state index in [1.807, 2.05) is 20.8 Å². The molecule has 8 nitrogen and oxygen atoms in total. The number of hydrogen-bond donors (Lipinski definition) is 0. The summed E-state index contributed by atoms with van der Waals surface area (Å²) in [7, 11) is 0. The van der Waals surface area contributed by atoms with Crippen LogP contribution in [0.15, 0.2) is 38.0 Å². The molecular weight excluding hydrogens is 326 g/mol. The highest BCUT2D eigenvalue weighted by atomic mass is 16.6. The van der Waals surface area contributed by atoms with Crippen LogP contribution < -0.4 is 5.76 Å². The number of benzene rings is 1. The van der Waals surface area contributed by atoms with Gasteiger partial charge in [-0.05, 0) is 19.1 Å². The number of aromatic nitrogens is 3. The van der Waals surface area contributed by atoms with Crippen molar-refractivity contribution in [3.8, 4) is 0 Å². The summed E-state index contributed by atoms with van der Waals surface area (Å²) < 4.78 is 16.8. The first-order valence-corrected chi connectivity index (χ1v) is 7.87. The minimum absolute atomic E-state index is 0.211. The van der Waals surface area contributed by atoms with Gasteiger partial charge in [-0.3, -0.25) is 9.36 Å². The molecule has 0 saturated heterocycles. The first-order valence-electron chi connectivity index (χ1n) is 7.87. The van der Waals surface area contributed by atoms with Crippen molar-refractivity contribution in [3.05, 3.63) is 46.5 Å². The summed E-state index contributed by atoms with van der Waals surface area (Å²) in [5.74, 6) is -0.472. The van der Waals surface area contributed by atoms with Crippen LogP contribution in [0.3, 0.4) is 0 Å². The van der Waals surface area contributed by atoms with Crippen molar-refractivity contribution >= 4 is 17.1 Å². The zero-order valence-corrected chi connectivity index (χ0v) is 14.5. The lowest BCUT2D eigenvalue weighted by atomic mass is 9.96. The van der Waals surface area contributed by atoms with Crippen molar-refractivity contribution in [1.82, 2.24) is 14.7 Å². The summed E-state index contributed by atoms with van der Waals surface area (Å²) in [6, 6.07) is 6.87. The first kappa shape index (κ1) is 16.9. The molecule has 2 aromatic heterocycles. The molecule has 1 aromatic carbocycles. The van der Waals surface area contributed by atoms with Crippen LogP contribution in [0.2, 0.25) is 0 Å². The molecule has 0 N–H and O–H groups in total. The standard InChI is InChI=1S/C17H19N3O5/c1-10(14-18-15(19-25-14)17(2,3)4)23-13(21)9-20-11-7-5-6-8-12(11)24-16(20)22/h5-8,10H,9H2,1-4H3. The van der Waals surface area contributed by atoms with Crippen LogP contribution in [0.1, 0.15) is 45.5 Å². The van der Waals surface area contributed by atoms with Gasteiger partial charge >= 0.3 is 11.7 Å². The molecule has 1 atom stereocenters. The Kier molecular flexibility index (Phi) is 4.20. The molecule has 132 valence electrons. The number of nitrogens with zero attached hydrogens (tertiary/aromatic N) is 3. The summed E-state index contributed by atoms with van der Waals surface area (Å²) in [6.45, 7) is 7.23. The van der Waals surface area contributed by atoms with Gasteiger partial charge in [0, 0.05) is 5.41 Å². The molecule has 0 aliphatic rings. The maximum Gasteiger partial charge on any atom is 0.420 e. The van der Waals surface area contributed by atoms with Gasteiger partial charge in [0.05, 0.1) is 5.52 Å². The van der Waals surface area contributed by atoms with E-state index < -0.39 is 17.8 Å². The van der Waals surface area contributed by atoms with Crippen molar-refractivity contribution in [1.29, 1.82) is 0 Å². The monoisotopic (exact) mass is 345 g/mol. The van der Waals surface area contributed by atoms with E-state index in [0.717, 1.165) is 0 Å². The third-order valence-electron chi connectivity index (χ3n) is 3.63. The Balaban J connectivity index is 1.73. The highest BCUT2D eigenvalue weighted by molar-refractivity contribution is 5.76. The lowest BCUT2D eigenvalue weighted by Crippen LogP contribution is -2.22.